The molecule has 0 amide bonds. The van der Waals surface area contributed by atoms with Crippen LogP contribution in [-0.4, -0.2) is 0 Å². The highest BCUT2D eigenvalue weighted by Gasteiger charge is 2.31. The Morgan fingerprint density at radius 1 is 0.426 bits per heavy atom. The van der Waals surface area contributed by atoms with Gasteiger partial charge in [0.2, 0.25) is 0 Å². The van der Waals surface area contributed by atoms with E-state index in [0.29, 0.717) is 23.7 Å². The van der Waals surface area contributed by atoms with Gasteiger partial charge in [0.15, 0.2) is 0 Å². The molecule has 0 aromatic heterocycles. The zero-order valence-electron chi connectivity index (χ0n) is 33.8. The highest BCUT2D eigenvalue weighted by atomic mass is 14.4. The van der Waals surface area contributed by atoms with Gasteiger partial charge in [-0.1, -0.05) is 173 Å². The van der Waals surface area contributed by atoms with E-state index in [1.807, 2.05) is 0 Å². The average Bonchev–Trinajstić information content (AvgIpc) is 3.70. The molecule has 2 aromatic carbocycles. The van der Waals surface area contributed by atoms with Gasteiger partial charge in [0.1, 0.15) is 0 Å². The third kappa shape index (κ3) is 16.1. The third-order valence-corrected chi connectivity index (χ3v) is 11.2. The lowest BCUT2D eigenvalue weighted by Crippen LogP contribution is -2.18. The van der Waals surface area contributed by atoms with Crippen LogP contribution in [0.4, 0.5) is 0 Å². The Bertz CT molecular complexity index is 971. The van der Waals surface area contributed by atoms with Gasteiger partial charge in [-0.2, -0.15) is 0 Å². The molecule has 0 saturated heterocycles. The highest BCUT2D eigenvalue weighted by molar-refractivity contribution is 5.32. The largest absolute Gasteiger partial charge is 0.0776 e. The SMILES string of the molecule is C.CC(C)C1CCC(C(C)C)C1.CC(C)C1CCCC1C(C)C.CC(C)c1cccc(C(C)C)c1.CC(C)c1ccccc1C(C)C. The molecule has 2 saturated carbocycles. The fourth-order valence-electron chi connectivity index (χ4n) is 7.78. The summed E-state index contributed by atoms with van der Waals surface area (Å²) in [6, 6.07) is 17.6. The van der Waals surface area contributed by atoms with E-state index in [2.05, 4.69) is 159 Å². The summed E-state index contributed by atoms with van der Waals surface area (Å²) in [6.07, 6.45) is 8.92. The molecule has 4 atom stereocenters. The van der Waals surface area contributed by atoms with Gasteiger partial charge in [-0.15, -0.1) is 0 Å². The molecule has 2 aromatic rings. The van der Waals surface area contributed by atoms with E-state index >= 15 is 0 Å². The summed E-state index contributed by atoms with van der Waals surface area (Å²) in [5.41, 5.74) is 5.88. The monoisotopic (exact) mass is 649 g/mol. The van der Waals surface area contributed by atoms with Gasteiger partial charge in [0.25, 0.3) is 0 Å². The van der Waals surface area contributed by atoms with Gasteiger partial charge >= 0.3 is 0 Å². The summed E-state index contributed by atoms with van der Waals surface area (Å²) in [6.45, 7) is 36.9. The second kappa shape index (κ2) is 23.0. The minimum Gasteiger partial charge on any atom is -0.0776 e. The maximum atomic E-state index is 2.38. The molecule has 272 valence electrons. The smallest absolute Gasteiger partial charge is 0.0216 e. The first-order valence-corrected chi connectivity index (χ1v) is 19.7. The predicted molar refractivity (Wildman–Crippen MR) is 217 cm³/mol. The Morgan fingerprint density at radius 2 is 0.787 bits per heavy atom. The third-order valence-electron chi connectivity index (χ3n) is 11.2. The van der Waals surface area contributed by atoms with E-state index < -0.39 is 0 Å². The molecular formula is C47H84. The average molecular weight is 649 g/mol. The van der Waals surface area contributed by atoms with Crippen molar-refractivity contribution in [2.24, 2.45) is 47.3 Å². The Labute approximate surface area is 297 Å². The van der Waals surface area contributed by atoms with E-state index in [0.717, 1.165) is 47.3 Å². The van der Waals surface area contributed by atoms with Crippen LogP contribution in [-0.2, 0) is 0 Å². The van der Waals surface area contributed by atoms with Crippen LogP contribution in [0, 0.1) is 47.3 Å². The first-order chi connectivity index (χ1) is 21.5. The topological polar surface area (TPSA) is 0 Å². The maximum Gasteiger partial charge on any atom is -0.0216 e. The lowest BCUT2D eigenvalue weighted by atomic mass is 9.80. The summed E-state index contributed by atoms with van der Waals surface area (Å²) in [5, 5.41) is 0. The number of rotatable bonds is 8. The summed E-state index contributed by atoms with van der Waals surface area (Å²) in [4.78, 5) is 0. The van der Waals surface area contributed by atoms with Crippen molar-refractivity contribution in [2.75, 3.05) is 0 Å². The summed E-state index contributed by atoms with van der Waals surface area (Å²) in [7, 11) is 0. The van der Waals surface area contributed by atoms with Gasteiger partial charge in [0, 0.05) is 0 Å². The fourth-order valence-corrected chi connectivity index (χ4v) is 7.78. The van der Waals surface area contributed by atoms with Crippen molar-refractivity contribution in [1.29, 1.82) is 0 Å². The van der Waals surface area contributed by atoms with Crippen LogP contribution in [0.2, 0.25) is 0 Å². The van der Waals surface area contributed by atoms with Crippen LogP contribution in [0.3, 0.4) is 0 Å². The summed E-state index contributed by atoms with van der Waals surface area (Å²) >= 11 is 0. The molecule has 4 unspecified atom stereocenters. The molecule has 4 rings (SSSR count). The molecule has 0 radical (unpaired) electrons. The lowest BCUT2D eigenvalue weighted by Gasteiger charge is -2.26. The number of hydrogen-bond donors (Lipinski definition) is 0. The van der Waals surface area contributed by atoms with Crippen molar-refractivity contribution in [1.82, 2.24) is 0 Å². The van der Waals surface area contributed by atoms with Crippen LogP contribution >= 0.6 is 0 Å². The predicted octanol–water partition coefficient (Wildman–Crippen LogP) is 15.9. The Hall–Kier alpha value is -1.56. The van der Waals surface area contributed by atoms with Gasteiger partial charge in [-0.25, -0.2) is 0 Å². The standard InChI is InChI=1S/2C12H18.2C11H22.CH4/c1-9(2)11-6-5-7-12(8-11)10(3)4;1-9(2)11-7-5-6-8-12(11)10(3)4;1-8(2)10-5-6-11(7-10)9(3)4;1-8(2)10-6-5-7-11(10)9(3)4;/h2*5-10H,1-4H3;2*8-11H,5-7H2,1-4H3;1H4. The minimum atomic E-state index is 0. The van der Waals surface area contributed by atoms with E-state index in [4.69, 9.17) is 0 Å². The molecule has 0 bridgehead atoms. The van der Waals surface area contributed by atoms with Gasteiger partial charge in [-0.3, -0.25) is 0 Å². The van der Waals surface area contributed by atoms with Gasteiger partial charge in [0.05, 0.1) is 0 Å². The number of hydrogen-bond acceptors (Lipinski definition) is 0. The Balaban J connectivity index is 0.000000597. The first-order valence-electron chi connectivity index (χ1n) is 19.7. The van der Waals surface area contributed by atoms with Crippen molar-refractivity contribution in [3.63, 3.8) is 0 Å². The lowest BCUT2D eigenvalue weighted by molar-refractivity contribution is 0.235. The van der Waals surface area contributed by atoms with Crippen molar-refractivity contribution < 1.29 is 0 Å². The normalized spacial score (nSPS) is 20.8. The van der Waals surface area contributed by atoms with Crippen LogP contribution in [0.1, 0.15) is 203 Å². The first kappa shape index (κ1) is 45.4. The highest BCUT2D eigenvalue weighted by Crippen LogP contribution is 2.41. The summed E-state index contributed by atoms with van der Waals surface area (Å²) in [5.74, 6) is 10.3. The fraction of sp³-hybridized carbons (Fsp3) is 0.745. The minimum absolute atomic E-state index is 0. The van der Waals surface area contributed by atoms with Crippen molar-refractivity contribution in [3.05, 3.63) is 70.8 Å². The van der Waals surface area contributed by atoms with Crippen LogP contribution in [0.5, 0.6) is 0 Å². The molecule has 0 spiro atoms. The molecule has 47 heavy (non-hydrogen) atoms. The molecule has 0 aliphatic heterocycles. The second-order valence-electron chi connectivity index (χ2n) is 17.5. The molecule has 0 heterocycles. The Kier molecular flexibility index (Phi) is 22.2. The quantitative estimate of drug-likeness (QED) is 0.267. The molecule has 2 aliphatic rings. The number of benzene rings is 2. The molecule has 0 heteroatoms. The molecule has 2 fully saturated rings. The molecule has 2 aliphatic carbocycles. The summed E-state index contributed by atoms with van der Waals surface area (Å²) < 4.78 is 0. The molecule has 0 N–H and O–H groups in total. The molecule has 0 nitrogen and oxygen atoms in total. The zero-order chi connectivity index (χ0) is 35.1. The van der Waals surface area contributed by atoms with Crippen molar-refractivity contribution in [3.8, 4) is 0 Å². The van der Waals surface area contributed by atoms with Gasteiger partial charge < -0.3 is 0 Å². The van der Waals surface area contributed by atoms with E-state index in [1.54, 1.807) is 0 Å². The van der Waals surface area contributed by atoms with Crippen molar-refractivity contribution in [2.45, 2.75) is 180 Å². The van der Waals surface area contributed by atoms with Gasteiger partial charge in [-0.05, 0) is 125 Å². The zero-order valence-corrected chi connectivity index (χ0v) is 33.8. The van der Waals surface area contributed by atoms with E-state index in [1.165, 1.54) is 60.8 Å². The molecular weight excluding hydrogens is 565 g/mol. The second-order valence-corrected chi connectivity index (χ2v) is 17.5. The van der Waals surface area contributed by atoms with Crippen LogP contribution in [0.15, 0.2) is 48.5 Å². The maximum absolute atomic E-state index is 2.38. The van der Waals surface area contributed by atoms with Crippen LogP contribution in [0.25, 0.3) is 0 Å². The Morgan fingerprint density at radius 3 is 1.04 bits per heavy atom. The van der Waals surface area contributed by atoms with Crippen molar-refractivity contribution >= 4 is 0 Å². The van der Waals surface area contributed by atoms with E-state index in [9.17, 15) is 0 Å². The van der Waals surface area contributed by atoms with E-state index in [-0.39, 0.29) is 7.43 Å². The van der Waals surface area contributed by atoms with Crippen LogP contribution < -0.4 is 0 Å².